The summed E-state index contributed by atoms with van der Waals surface area (Å²) in [6.45, 7) is 5.16. The van der Waals surface area contributed by atoms with Crippen LogP contribution in [0.3, 0.4) is 0 Å². The Morgan fingerprint density at radius 3 is 2.56 bits per heavy atom. The topological polar surface area (TPSA) is 29.5 Å². The summed E-state index contributed by atoms with van der Waals surface area (Å²) in [5.74, 6) is 0. The van der Waals surface area contributed by atoms with Crippen LogP contribution < -0.4 is 0 Å². The van der Waals surface area contributed by atoms with Gasteiger partial charge in [-0.15, -0.1) is 0 Å². The maximum absolute atomic E-state index is 8.37. The van der Waals surface area contributed by atoms with Gasteiger partial charge in [-0.3, -0.25) is 0 Å². The van der Waals surface area contributed by atoms with Gasteiger partial charge in [0.05, 0.1) is 0 Å². The number of unbranched alkanes of at least 4 members (excludes halogenated alkanes) is 2. The Hall–Kier alpha value is -0.0800. The van der Waals surface area contributed by atoms with Crippen molar-refractivity contribution in [1.29, 1.82) is 0 Å². The van der Waals surface area contributed by atoms with Gasteiger partial charge in [0.15, 0.2) is 0 Å². The molecule has 0 aromatic rings. The molecule has 0 bridgehead atoms. The van der Waals surface area contributed by atoms with E-state index in [1.807, 2.05) is 0 Å². The quantitative estimate of drug-likeness (QED) is 0.545. The lowest BCUT2D eigenvalue weighted by Crippen LogP contribution is -1.93. The van der Waals surface area contributed by atoms with E-state index in [0.29, 0.717) is 13.2 Å². The molecule has 1 N–H and O–H groups in total. The van der Waals surface area contributed by atoms with Crippen LogP contribution in [-0.4, -0.2) is 24.9 Å². The Morgan fingerprint density at radius 2 is 2.00 bits per heavy atom. The fourth-order valence-corrected chi connectivity index (χ4v) is 0.595. The van der Waals surface area contributed by atoms with E-state index in [2.05, 4.69) is 6.92 Å². The molecule has 2 nitrogen and oxygen atoms in total. The Balaban J connectivity index is 2.60. The molecule has 0 aromatic heterocycles. The first kappa shape index (κ1) is 8.92. The zero-order valence-corrected chi connectivity index (χ0v) is 5.81. The highest BCUT2D eigenvalue weighted by molar-refractivity contribution is 4.39. The van der Waals surface area contributed by atoms with Crippen LogP contribution in [0.2, 0.25) is 0 Å². The van der Waals surface area contributed by atoms with Crippen LogP contribution in [0.5, 0.6) is 0 Å². The van der Waals surface area contributed by atoms with E-state index in [4.69, 9.17) is 9.84 Å². The van der Waals surface area contributed by atoms with E-state index in [-0.39, 0.29) is 0 Å². The monoisotopic (exact) mass is 131 g/mol. The predicted molar refractivity (Wildman–Crippen MR) is 37.1 cm³/mol. The number of aliphatic hydroxyl groups is 1. The molecule has 0 aliphatic carbocycles. The minimum absolute atomic E-state index is 0.296. The summed E-state index contributed by atoms with van der Waals surface area (Å²) in [5.41, 5.74) is 0. The van der Waals surface area contributed by atoms with E-state index in [0.717, 1.165) is 25.9 Å². The Labute approximate surface area is 56.8 Å². The third-order valence-electron chi connectivity index (χ3n) is 1.09. The molecule has 0 saturated carbocycles. The lowest BCUT2D eigenvalue weighted by atomic mass is 10.2. The molecule has 55 valence electrons. The van der Waals surface area contributed by atoms with Gasteiger partial charge in [-0.2, -0.15) is 0 Å². The van der Waals surface area contributed by atoms with E-state index in [9.17, 15) is 0 Å². The molecule has 0 aromatic carbocycles. The van der Waals surface area contributed by atoms with E-state index < -0.39 is 0 Å². The van der Waals surface area contributed by atoms with Gasteiger partial charge in [-0.05, 0) is 26.2 Å². The van der Waals surface area contributed by atoms with Crippen molar-refractivity contribution in [3.8, 4) is 0 Å². The van der Waals surface area contributed by atoms with E-state index >= 15 is 0 Å². The number of hydrogen-bond acceptors (Lipinski definition) is 2. The molecule has 0 saturated heterocycles. The Morgan fingerprint density at radius 1 is 1.22 bits per heavy atom. The van der Waals surface area contributed by atoms with Crippen molar-refractivity contribution >= 4 is 0 Å². The van der Waals surface area contributed by atoms with Crippen LogP contribution in [0, 0.1) is 6.92 Å². The highest BCUT2D eigenvalue weighted by Crippen LogP contribution is 1.93. The summed E-state index contributed by atoms with van der Waals surface area (Å²) >= 11 is 0. The molecule has 2 heteroatoms. The second kappa shape index (κ2) is 7.92. The van der Waals surface area contributed by atoms with Crippen LogP contribution >= 0.6 is 0 Å². The largest absolute Gasteiger partial charge is 0.396 e. The van der Waals surface area contributed by atoms with Gasteiger partial charge < -0.3 is 9.84 Å². The molecule has 0 amide bonds. The van der Waals surface area contributed by atoms with Crippen LogP contribution in [0.25, 0.3) is 0 Å². The average Bonchev–Trinajstić information content (AvgIpc) is 1.89. The standard InChI is InChI=1S/C7H15O2/c1-2-9-7-5-3-4-6-8/h8H,1-7H2. The zero-order chi connectivity index (χ0) is 6.95. The fraction of sp³-hybridized carbons (Fsp3) is 0.857. The van der Waals surface area contributed by atoms with E-state index in [1.165, 1.54) is 0 Å². The normalized spacial score (nSPS) is 10.0. The molecule has 0 spiro atoms. The smallest absolute Gasteiger partial charge is 0.0466 e. The van der Waals surface area contributed by atoms with Crippen molar-refractivity contribution < 1.29 is 9.84 Å². The first-order valence-electron chi connectivity index (χ1n) is 3.39. The summed E-state index contributed by atoms with van der Waals surface area (Å²) in [5, 5.41) is 8.37. The maximum atomic E-state index is 8.37. The molecule has 0 atom stereocenters. The highest BCUT2D eigenvalue weighted by Gasteiger charge is 1.85. The van der Waals surface area contributed by atoms with Gasteiger partial charge in [0.2, 0.25) is 0 Å². The molecule has 1 radical (unpaired) electrons. The van der Waals surface area contributed by atoms with Gasteiger partial charge in [0, 0.05) is 19.8 Å². The second-order valence-corrected chi connectivity index (χ2v) is 1.90. The molecule has 0 aliphatic heterocycles. The van der Waals surface area contributed by atoms with Crippen molar-refractivity contribution in [3.05, 3.63) is 6.92 Å². The minimum atomic E-state index is 0.296. The minimum Gasteiger partial charge on any atom is -0.396 e. The SMILES string of the molecule is [CH2]COCCCCCO. The summed E-state index contributed by atoms with van der Waals surface area (Å²) < 4.78 is 4.99. The van der Waals surface area contributed by atoms with Crippen molar-refractivity contribution in [2.24, 2.45) is 0 Å². The molecular formula is C7H15O2. The number of ether oxygens (including phenoxy) is 1. The van der Waals surface area contributed by atoms with Gasteiger partial charge in [-0.25, -0.2) is 0 Å². The fourth-order valence-electron chi connectivity index (χ4n) is 0.595. The molecular weight excluding hydrogens is 116 g/mol. The Bertz CT molecular complexity index is 40.2. The summed E-state index contributed by atoms with van der Waals surface area (Å²) in [6, 6.07) is 0. The first-order chi connectivity index (χ1) is 4.41. The predicted octanol–water partition coefficient (Wildman–Crippen LogP) is 1.000. The third-order valence-corrected chi connectivity index (χ3v) is 1.09. The van der Waals surface area contributed by atoms with Crippen molar-refractivity contribution in [1.82, 2.24) is 0 Å². The van der Waals surface area contributed by atoms with Gasteiger partial charge in [-0.1, -0.05) is 0 Å². The summed E-state index contributed by atoms with van der Waals surface area (Å²) in [4.78, 5) is 0. The second-order valence-electron chi connectivity index (χ2n) is 1.90. The highest BCUT2D eigenvalue weighted by atomic mass is 16.5. The van der Waals surface area contributed by atoms with Crippen LogP contribution in [0.4, 0.5) is 0 Å². The van der Waals surface area contributed by atoms with Gasteiger partial charge in [0.25, 0.3) is 0 Å². The van der Waals surface area contributed by atoms with Crippen molar-refractivity contribution in [3.63, 3.8) is 0 Å². The van der Waals surface area contributed by atoms with Crippen LogP contribution in [0.1, 0.15) is 19.3 Å². The Kier molecular flexibility index (Phi) is 7.85. The van der Waals surface area contributed by atoms with E-state index in [1.54, 1.807) is 0 Å². The lowest BCUT2D eigenvalue weighted by Gasteiger charge is -1.98. The molecule has 0 heterocycles. The number of rotatable bonds is 6. The number of hydrogen-bond donors (Lipinski definition) is 1. The van der Waals surface area contributed by atoms with Crippen molar-refractivity contribution in [2.45, 2.75) is 19.3 Å². The lowest BCUT2D eigenvalue weighted by molar-refractivity contribution is 0.153. The molecule has 0 fully saturated rings. The van der Waals surface area contributed by atoms with Crippen LogP contribution in [-0.2, 0) is 4.74 Å². The average molecular weight is 131 g/mol. The third kappa shape index (κ3) is 7.92. The van der Waals surface area contributed by atoms with Gasteiger partial charge >= 0.3 is 0 Å². The van der Waals surface area contributed by atoms with Crippen molar-refractivity contribution in [2.75, 3.05) is 19.8 Å². The zero-order valence-electron chi connectivity index (χ0n) is 5.81. The summed E-state index contributed by atoms with van der Waals surface area (Å²) in [6.07, 6.45) is 2.98. The molecule has 0 aliphatic rings. The molecule has 0 unspecified atom stereocenters. The molecule has 9 heavy (non-hydrogen) atoms. The number of aliphatic hydroxyl groups excluding tert-OH is 1. The first-order valence-corrected chi connectivity index (χ1v) is 3.39. The molecule has 0 rings (SSSR count). The van der Waals surface area contributed by atoms with Crippen LogP contribution in [0.15, 0.2) is 0 Å². The summed E-state index contributed by atoms with van der Waals surface area (Å²) in [7, 11) is 0. The maximum Gasteiger partial charge on any atom is 0.0466 e. The van der Waals surface area contributed by atoms with Gasteiger partial charge in [0.1, 0.15) is 0 Å².